The molecule has 0 heterocycles. The molecule has 1 rings (SSSR count). The number of nitrogens with zero attached hydrogens (tertiary/aromatic N) is 1. The molecule has 0 bridgehead atoms. The van der Waals surface area contributed by atoms with Gasteiger partial charge in [-0.2, -0.15) is 0 Å². The van der Waals surface area contributed by atoms with Gasteiger partial charge in [0.15, 0.2) is 9.84 Å². The Hall–Kier alpha value is -1.07. The summed E-state index contributed by atoms with van der Waals surface area (Å²) in [7, 11) is -1.47. The minimum absolute atomic E-state index is 0.0698. The van der Waals surface area contributed by atoms with Crippen LogP contribution in [0.25, 0.3) is 0 Å². The second kappa shape index (κ2) is 5.28. The highest BCUT2D eigenvalue weighted by atomic mass is 32.2. The Labute approximate surface area is 109 Å². The van der Waals surface area contributed by atoms with E-state index in [-0.39, 0.29) is 5.75 Å². The number of benzene rings is 1. The third-order valence-corrected chi connectivity index (χ3v) is 4.39. The van der Waals surface area contributed by atoms with Gasteiger partial charge in [0.2, 0.25) is 0 Å². The van der Waals surface area contributed by atoms with Crippen molar-refractivity contribution in [3.63, 3.8) is 0 Å². The van der Waals surface area contributed by atoms with Crippen LogP contribution in [-0.2, 0) is 9.84 Å². The lowest BCUT2D eigenvalue weighted by Gasteiger charge is -2.28. The minimum Gasteiger partial charge on any atom is -0.389 e. The smallest absolute Gasteiger partial charge is 0.180 e. The van der Waals surface area contributed by atoms with E-state index in [2.05, 4.69) is 0 Å². The number of hydrogen-bond acceptors (Lipinski definition) is 4. The number of hydrogen-bond donors (Lipinski definition) is 1. The number of likely N-dealkylation sites (N-methyl/N-ethyl adjacent to an activating group) is 1. The van der Waals surface area contributed by atoms with Gasteiger partial charge in [0.1, 0.15) is 0 Å². The topological polar surface area (TPSA) is 57.6 Å². The van der Waals surface area contributed by atoms with Gasteiger partial charge in [0, 0.05) is 13.6 Å². The summed E-state index contributed by atoms with van der Waals surface area (Å²) >= 11 is 0. The Morgan fingerprint density at radius 2 is 1.83 bits per heavy atom. The van der Waals surface area contributed by atoms with Crippen LogP contribution < -0.4 is 4.90 Å². The fourth-order valence-corrected chi connectivity index (χ4v) is 3.00. The van der Waals surface area contributed by atoms with Crippen LogP contribution in [0.4, 0.5) is 5.69 Å². The van der Waals surface area contributed by atoms with E-state index in [0.717, 1.165) is 0 Å². The summed E-state index contributed by atoms with van der Waals surface area (Å²) in [6.07, 6.45) is 0. The third kappa shape index (κ3) is 3.71. The fourth-order valence-electron chi connectivity index (χ4n) is 1.86. The van der Waals surface area contributed by atoms with Crippen LogP contribution in [0.5, 0.6) is 0 Å². The molecular formula is C13H21NO3S. The molecule has 0 saturated carbocycles. The molecule has 4 nitrogen and oxygen atoms in total. The summed E-state index contributed by atoms with van der Waals surface area (Å²) < 4.78 is 24.0. The molecule has 18 heavy (non-hydrogen) atoms. The van der Waals surface area contributed by atoms with Crippen LogP contribution >= 0.6 is 0 Å². The maximum atomic E-state index is 12.0. The average Bonchev–Trinajstić information content (AvgIpc) is 2.27. The lowest BCUT2D eigenvalue weighted by atomic mass is 10.1. The van der Waals surface area contributed by atoms with E-state index >= 15 is 0 Å². The van der Waals surface area contributed by atoms with Crippen molar-refractivity contribution in [1.29, 1.82) is 0 Å². The van der Waals surface area contributed by atoms with E-state index in [1.165, 1.54) is 0 Å². The highest BCUT2D eigenvalue weighted by Gasteiger charge is 2.22. The highest BCUT2D eigenvalue weighted by Crippen LogP contribution is 2.26. The molecule has 1 aromatic carbocycles. The number of aliphatic hydroxyl groups is 1. The van der Waals surface area contributed by atoms with E-state index in [9.17, 15) is 13.5 Å². The van der Waals surface area contributed by atoms with Crippen LogP contribution in [0, 0.1) is 0 Å². The molecule has 1 aromatic rings. The summed E-state index contributed by atoms with van der Waals surface area (Å²) in [4.78, 5) is 2.09. The fraction of sp³-hybridized carbons (Fsp3) is 0.538. The molecule has 0 aliphatic heterocycles. The molecule has 0 aliphatic rings. The summed E-state index contributed by atoms with van der Waals surface area (Å²) in [6, 6.07) is 6.87. The molecule has 102 valence electrons. The van der Waals surface area contributed by atoms with Gasteiger partial charge in [-0.15, -0.1) is 0 Å². The first kappa shape index (κ1) is 15.0. The third-order valence-electron chi connectivity index (χ3n) is 2.62. The van der Waals surface area contributed by atoms with Gasteiger partial charge < -0.3 is 10.0 Å². The van der Waals surface area contributed by atoms with Crippen molar-refractivity contribution in [2.45, 2.75) is 31.3 Å². The van der Waals surface area contributed by atoms with Crippen molar-refractivity contribution in [3.8, 4) is 0 Å². The van der Waals surface area contributed by atoms with Gasteiger partial charge in [-0.3, -0.25) is 0 Å². The molecule has 0 unspecified atom stereocenters. The zero-order chi connectivity index (χ0) is 14.0. The maximum Gasteiger partial charge on any atom is 0.180 e. The van der Waals surface area contributed by atoms with Gasteiger partial charge in [-0.25, -0.2) is 8.42 Å². The first-order chi connectivity index (χ1) is 8.17. The molecule has 0 fully saturated rings. The minimum atomic E-state index is -3.25. The van der Waals surface area contributed by atoms with Crippen LogP contribution in [0.2, 0.25) is 0 Å². The Morgan fingerprint density at radius 1 is 1.28 bits per heavy atom. The van der Waals surface area contributed by atoms with E-state index in [4.69, 9.17) is 0 Å². The van der Waals surface area contributed by atoms with Crippen molar-refractivity contribution in [2.75, 3.05) is 24.2 Å². The summed E-state index contributed by atoms with van der Waals surface area (Å²) in [5.74, 6) is 0.0698. The summed E-state index contributed by atoms with van der Waals surface area (Å²) in [6.45, 7) is 5.38. The number of sulfone groups is 1. The van der Waals surface area contributed by atoms with Crippen molar-refractivity contribution in [3.05, 3.63) is 24.3 Å². The molecule has 5 heteroatoms. The van der Waals surface area contributed by atoms with Gasteiger partial charge in [0.05, 0.1) is 21.9 Å². The van der Waals surface area contributed by atoms with Crippen molar-refractivity contribution in [1.82, 2.24) is 0 Å². The van der Waals surface area contributed by atoms with Crippen molar-refractivity contribution < 1.29 is 13.5 Å². The SMILES string of the molecule is CCS(=O)(=O)c1ccccc1N(C)CC(C)(C)O. The average molecular weight is 271 g/mol. The van der Waals surface area contributed by atoms with Gasteiger partial charge in [0.25, 0.3) is 0 Å². The molecule has 0 aliphatic carbocycles. The molecule has 1 N–H and O–H groups in total. The zero-order valence-corrected chi connectivity index (χ0v) is 12.2. The standard InChI is InChI=1S/C13H21NO3S/c1-5-18(16,17)12-9-7-6-8-11(12)14(4)10-13(2,3)15/h6-9,15H,5,10H2,1-4H3. The van der Waals surface area contributed by atoms with Crippen LogP contribution in [-0.4, -0.2) is 38.5 Å². The Bertz CT molecular complexity index is 503. The molecular weight excluding hydrogens is 250 g/mol. The zero-order valence-electron chi connectivity index (χ0n) is 11.3. The Kier molecular flexibility index (Phi) is 4.40. The molecule has 0 aromatic heterocycles. The summed E-state index contributed by atoms with van der Waals surface area (Å²) in [5, 5.41) is 9.81. The van der Waals surface area contributed by atoms with Crippen LogP contribution in [0.1, 0.15) is 20.8 Å². The lowest BCUT2D eigenvalue weighted by molar-refractivity contribution is 0.0885. The quantitative estimate of drug-likeness (QED) is 0.885. The van der Waals surface area contributed by atoms with Gasteiger partial charge in [-0.05, 0) is 26.0 Å². The van der Waals surface area contributed by atoms with Crippen molar-refractivity contribution >= 4 is 15.5 Å². The van der Waals surface area contributed by atoms with Gasteiger partial charge >= 0.3 is 0 Å². The Morgan fingerprint density at radius 3 is 2.33 bits per heavy atom. The maximum absolute atomic E-state index is 12.0. The lowest BCUT2D eigenvalue weighted by Crippen LogP contribution is -2.36. The highest BCUT2D eigenvalue weighted by molar-refractivity contribution is 7.91. The molecule has 0 amide bonds. The number of anilines is 1. The molecule has 0 spiro atoms. The first-order valence-electron chi connectivity index (χ1n) is 5.92. The van der Waals surface area contributed by atoms with Crippen LogP contribution in [0.3, 0.4) is 0 Å². The second-order valence-electron chi connectivity index (χ2n) is 5.04. The normalized spacial score (nSPS) is 12.5. The van der Waals surface area contributed by atoms with E-state index in [1.54, 1.807) is 57.0 Å². The summed E-state index contributed by atoms with van der Waals surface area (Å²) in [5.41, 5.74) is -0.251. The molecule has 0 saturated heterocycles. The van der Waals surface area contributed by atoms with Crippen LogP contribution in [0.15, 0.2) is 29.2 Å². The number of para-hydroxylation sites is 1. The van der Waals surface area contributed by atoms with E-state index < -0.39 is 15.4 Å². The Balaban J connectivity index is 3.18. The van der Waals surface area contributed by atoms with Gasteiger partial charge in [-0.1, -0.05) is 19.1 Å². The molecule has 0 radical (unpaired) electrons. The predicted octanol–water partition coefficient (Wildman–Crippen LogP) is 1.69. The predicted molar refractivity (Wildman–Crippen MR) is 73.7 cm³/mol. The number of rotatable bonds is 5. The first-order valence-corrected chi connectivity index (χ1v) is 7.58. The molecule has 0 atom stereocenters. The van der Waals surface area contributed by atoms with E-state index in [0.29, 0.717) is 17.1 Å². The second-order valence-corrected chi connectivity index (χ2v) is 7.29. The van der Waals surface area contributed by atoms with Crippen molar-refractivity contribution in [2.24, 2.45) is 0 Å². The monoisotopic (exact) mass is 271 g/mol. The largest absolute Gasteiger partial charge is 0.389 e. The van der Waals surface area contributed by atoms with E-state index in [1.807, 2.05) is 0 Å².